The number of benzene rings is 1. The van der Waals surface area contributed by atoms with Gasteiger partial charge < -0.3 is 9.73 Å². The van der Waals surface area contributed by atoms with E-state index in [1.54, 1.807) is 12.3 Å². The van der Waals surface area contributed by atoms with Crippen LogP contribution in [0.1, 0.15) is 17.4 Å². The van der Waals surface area contributed by atoms with Crippen LogP contribution in [-0.2, 0) is 11.3 Å². The first-order valence-electron chi connectivity index (χ1n) is 7.38. The summed E-state index contributed by atoms with van der Waals surface area (Å²) in [6, 6.07) is 11.2. The van der Waals surface area contributed by atoms with Gasteiger partial charge in [0.15, 0.2) is 11.9 Å². The molecule has 0 saturated heterocycles. The summed E-state index contributed by atoms with van der Waals surface area (Å²) in [5, 5.41) is 11.6. The Bertz CT molecular complexity index is 857. The second-order valence-corrected chi connectivity index (χ2v) is 6.13. The van der Waals surface area contributed by atoms with Gasteiger partial charge in [-0.15, -0.1) is 5.11 Å². The number of hydrogen-bond acceptors (Lipinski definition) is 7. The Kier molecular flexibility index (Phi) is 3.96. The summed E-state index contributed by atoms with van der Waals surface area (Å²) in [5.41, 5.74) is 1.89. The van der Waals surface area contributed by atoms with Crippen LogP contribution in [0.5, 0.6) is 0 Å². The van der Waals surface area contributed by atoms with Crippen LogP contribution in [0, 0.1) is 0 Å². The number of thioether (sulfide) groups is 1. The standard InChI is InChI=1S/C16H13N5O2S/c22-13(17-8-10-4-3-7-23-10)9-24-16-19-15-14(20-21-16)11-5-1-2-6-12(11)18-15/h1-7,14H,8-9H2,(H,17,22). The molecule has 0 aliphatic carbocycles. The lowest BCUT2D eigenvalue weighted by molar-refractivity contribution is -0.118. The molecule has 0 fully saturated rings. The Morgan fingerprint density at radius 2 is 2.12 bits per heavy atom. The number of amides is 1. The monoisotopic (exact) mass is 339 g/mol. The smallest absolute Gasteiger partial charge is 0.230 e. The third-order valence-corrected chi connectivity index (χ3v) is 4.39. The second kappa shape index (κ2) is 6.40. The molecule has 3 heterocycles. The minimum Gasteiger partial charge on any atom is -0.467 e. The molecule has 1 N–H and O–H groups in total. The van der Waals surface area contributed by atoms with Crippen LogP contribution in [0.25, 0.3) is 0 Å². The molecule has 2 aliphatic rings. The predicted molar refractivity (Wildman–Crippen MR) is 91.6 cm³/mol. The van der Waals surface area contributed by atoms with Gasteiger partial charge in [0.2, 0.25) is 11.1 Å². The van der Waals surface area contributed by atoms with E-state index in [9.17, 15) is 4.79 Å². The number of fused-ring (bicyclic) bond motifs is 3. The fraction of sp³-hybridized carbons (Fsp3) is 0.188. The Morgan fingerprint density at radius 1 is 1.21 bits per heavy atom. The number of nitrogens with one attached hydrogen (secondary N) is 1. The molecular weight excluding hydrogens is 326 g/mol. The minimum absolute atomic E-state index is 0.118. The number of carbonyl (C=O) groups excluding carboxylic acids is 1. The number of rotatable bonds is 4. The van der Waals surface area contributed by atoms with Crippen LogP contribution < -0.4 is 5.32 Å². The highest BCUT2D eigenvalue weighted by Crippen LogP contribution is 2.38. The van der Waals surface area contributed by atoms with Crippen LogP contribution in [0.15, 0.2) is 67.3 Å². The van der Waals surface area contributed by atoms with Crippen molar-refractivity contribution in [3.63, 3.8) is 0 Å². The molecule has 2 aliphatic heterocycles. The van der Waals surface area contributed by atoms with E-state index in [0.29, 0.717) is 23.3 Å². The van der Waals surface area contributed by atoms with Crippen molar-refractivity contribution in [1.82, 2.24) is 5.32 Å². The van der Waals surface area contributed by atoms with Gasteiger partial charge in [0.1, 0.15) is 5.76 Å². The van der Waals surface area contributed by atoms with E-state index in [4.69, 9.17) is 4.42 Å². The molecule has 0 bridgehead atoms. The lowest BCUT2D eigenvalue weighted by atomic mass is 10.1. The molecule has 24 heavy (non-hydrogen) atoms. The molecule has 1 unspecified atom stereocenters. The van der Waals surface area contributed by atoms with Crippen molar-refractivity contribution in [3.05, 3.63) is 54.0 Å². The lowest BCUT2D eigenvalue weighted by Gasteiger charge is -2.10. The van der Waals surface area contributed by atoms with Crippen molar-refractivity contribution < 1.29 is 9.21 Å². The van der Waals surface area contributed by atoms with Gasteiger partial charge in [-0.1, -0.05) is 30.0 Å². The molecule has 0 radical (unpaired) electrons. The molecule has 1 aromatic carbocycles. The maximum Gasteiger partial charge on any atom is 0.230 e. The average molecular weight is 339 g/mol. The molecule has 4 rings (SSSR count). The Balaban J connectivity index is 1.34. The van der Waals surface area contributed by atoms with Gasteiger partial charge in [0, 0.05) is 5.56 Å². The van der Waals surface area contributed by atoms with Crippen LogP contribution in [0.2, 0.25) is 0 Å². The minimum atomic E-state index is -0.224. The molecule has 0 saturated carbocycles. The number of furan rings is 1. The number of amidine groups is 2. The third kappa shape index (κ3) is 3.00. The zero-order valence-electron chi connectivity index (χ0n) is 12.5. The summed E-state index contributed by atoms with van der Waals surface area (Å²) < 4.78 is 5.16. The Labute approximate surface area is 142 Å². The van der Waals surface area contributed by atoms with Crippen molar-refractivity contribution in [2.45, 2.75) is 12.6 Å². The van der Waals surface area contributed by atoms with E-state index in [1.807, 2.05) is 30.3 Å². The predicted octanol–water partition coefficient (Wildman–Crippen LogP) is 3.24. The van der Waals surface area contributed by atoms with Crippen molar-refractivity contribution in [3.8, 4) is 0 Å². The molecule has 7 nitrogen and oxygen atoms in total. The summed E-state index contributed by atoms with van der Waals surface area (Å²) in [7, 11) is 0. The third-order valence-electron chi connectivity index (χ3n) is 3.55. The van der Waals surface area contributed by atoms with E-state index in [1.165, 1.54) is 11.8 Å². The normalized spacial score (nSPS) is 17.8. The molecule has 120 valence electrons. The fourth-order valence-electron chi connectivity index (χ4n) is 2.41. The van der Waals surface area contributed by atoms with E-state index >= 15 is 0 Å². The van der Waals surface area contributed by atoms with Gasteiger partial charge in [0.25, 0.3) is 0 Å². The van der Waals surface area contributed by atoms with Gasteiger partial charge in [-0.25, -0.2) is 9.98 Å². The molecule has 8 heteroatoms. The van der Waals surface area contributed by atoms with Crippen molar-refractivity contribution >= 4 is 34.4 Å². The number of carbonyl (C=O) groups is 1. The number of para-hydroxylation sites is 1. The highest BCUT2D eigenvalue weighted by atomic mass is 32.2. The molecule has 0 spiro atoms. The van der Waals surface area contributed by atoms with E-state index in [-0.39, 0.29) is 17.7 Å². The molecular formula is C16H13N5O2S. The SMILES string of the molecule is O=C(CSC1=NC2=Nc3ccccc3C2N=N1)NCc1ccco1. The largest absolute Gasteiger partial charge is 0.467 e. The summed E-state index contributed by atoms with van der Waals surface area (Å²) in [6.45, 7) is 0.366. The number of aliphatic imine (C=N–C) groups is 2. The maximum absolute atomic E-state index is 11.9. The first-order chi connectivity index (χ1) is 11.8. The van der Waals surface area contributed by atoms with E-state index < -0.39 is 0 Å². The number of azo groups is 1. The molecule has 1 atom stereocenters. The summed E-state index contributed by atoms with van der Waals surface area (Å²) in [5.74, 6) is 1.44. The van der Waals surface area contributed by atoms with Crippen LogP contribution in [0.4, 0.5) is 5.69 Å². The number of nitrogens with zero attached hydrogens (tertiary/aromatic N) is 4. The molecule has 1 amide bonds. The van der Waals surface area contributed by atoms with Gasteiger partial charge in [0.05, 0.1) is 24.2 Å². The summed E-state index contributed by atoms with van der Waals surface area (Å²) in [6.07, 6.45) is 1.57. The van der Waals surface area contributed by atoms with Crippen LogP contribution in [-0.4, -0.2) is 22.7 Å². The van der Waals surface area contributed by atoms with Crippen LogP contribution in [0.3, 0.4) is 0 Å². The van der Waals surface area contributed by atoms with E-state index in [2.05, 4.69) is 25.5 Å². The van der Waals surface area contributed by atoms with Gasteiger partial charge in [-0.2, -0.15) is 5.11 Å². The Hall–Kier alpha value is -2.74. The summed E-state index contributed by atoms with van der Waals surface area (Å²) >= 11 is 1.24. The van der Waals surface area contributed by atoms with Gasteiger partial charge >= 0.3 is 0 Å². The highest BCUT2D eigenvalue weighted by Gasteiger charge is 2.29. The quantitative estimate of drug-likeness (QED) is 0.927. The lowest BCUT2D eigenvalue weighted by Crippen LogP contribution is -2.25. The topological polar surface area (TPSA) is 91.7 Å². The second-order valence-electron chi connectivity index (χ2n) is 5.19. The van der Waals surface area contributed by atoms with E-state index in [0.717, 1.165) is 11.3 Å². The average Bonchev–Trinajstić information content (AvgIpc) is 3.25. The van der Waals surface area contributed by atoms with Crippen molar-refractivity contribution in [1.29, 1.82) is 0 Å². The zero-order valence-corrected chi connectivity index (χ0v) is 13.4. The summed E-state index contributed by atoms with van der Waals surface area (Å²) in [4.78, 5) is 20.7. The molecule has 1 aromatic heterocycles. The Morgan fingerprint density at radius 3 is 3.00 bits per heavy atom. The van der Waals surface area contributed by atoms with Gasteiger partial charge in [-0.05, 0) is 18.2 Å². The first-order valence-corrected chi connectivity index (χ1v) is 8.37. The van der Waals surface area contributed by atoms with Crippen molar-refractivity contribution in [2.24, 2.45) is 20.2 Å². The van der Waals surface area contributed by atoms with Crippen LogP contribution >= 0.6 is 11.8 Å². The number of hydrogen-bond donors (Lipinski definition) is 1. The first kappa shape index (κ1) is 14.8. The highest BCUT2D eigenvalue weighted by molar-refractivity contribution is 8.14. The van der Waals surface area contributed by atoms with Gasteiger partial charge in [-0.3, -0.25) is 4.79 Å². The molecule has 2 aromatic rings. The zero-order chi connectivity index (χ0) is 16.4. The van der Waals surface area contributed by atoms with Crippen molar-refractivity contribution in [2.75, 3.05) is 5.75 Å². The maximum atomic E-state index is 11.9. The fourth-order valence-corrected chi connectivity index (χ4v) is 3.04.